The molecular weight excluding hydrogens is 528 g/mol. The quantitative estimate of drug-likeness (QED) is 0.219. The van der Waals surface area contributed by atoms with Crippen LogP contribution in [-0.2, 0) is 9.53 Å². The van der Waals surface area contributed by atoms with Crippen molar-refractivity contribution in [3.8, 4) is 0 Å². The number of carbonyl (C=O) groups is 1. The van der Waals surface area contributed by atoms with E-state index in [0.717, 1.165) is 36.1 Å². The van der Waals surface area contributed by atoms with E-state index in [1.165, 1.54) is 67.2 Å². The van der Waals surface area contributed by atoms with E-state index in [9.17, 15) is 4.79 Å². The summed E-state index contributed by atoms with van der Waals surface area (Å²) in [5, 5.41) is 0. The molecule has 1 fully saturated rings. The highest BCUT2D eigenvalue weighted by molar-refractivity contribution is 5.96. The van der Waals surface area contributed by atoms with Crippen molar-refractivity contribution in [1.29, 1.82) is 0 Å². The molecule has 1 aliphatic carbocycles. The van der Waals surface area contributed by atoms with Crippen molar-refractivity contribution in [3.63, 3.8) is 0 Å². The zero-order chi connectivity index (χ0) is 32.4. The number of hydrogen-bond donors (Lipinski definition) is 1. The lowest BCUT2D eigenvalue weighted by Gasteiger charge is -2.29. The van der Waals surface area contributed by atoms with E-state index in [0.29, 0.717) is 18.2 Å². The summed E-state index contributed by atoms with van der Waals surface area (Å²) < 4.78 is 5.50. The molecule has 2 N–H and O–H groups in total. The Bertz CT molecular complexity index is 1120. The summed E-state index contributed by atoms with van der Waals surface area (Å²) in [6, 6.07) is 8.81. The summed E-state index contributed by atoms with van der Waals surface area (Å²) in [5.41, 5.74) is 13.0. The van der Waals surface area contributed by atoms with Crippen molar-refractivity contribution in [2.75, 3.05) is 13.7 Å². The third kappa shape index (κ3) is 14.6. The third-order valence-electron chi connectivity index (χ3n) is 8.33. The Morgan fingerprint density at radius 1 is 1.14 bits per heavy atom. The van der Waals surface area contributed by atoms with E-state index in [4.69, 9.17) is 10.5 Å². The topological polar surface area (TPSA) is 55.6 Å². The van der Waals surface area contributed by atoms with Crippen molar-refractivity contribution < 1.29 is 9.53 Å². The maximum atomic E-state index is 11.7. The average Bonchev–Trinajstić information content (AvgIpc) is 3.81. The number of aryl methyl sites for hydroxylation is 1. The van der Waals surface area contributed by atoms with E-state index < -0.39 is 0 Å². The largest absolute Gasteiger partial charge is 0.378 e. The van der Waals surface area contributed by atoms with Crippen LogP contribution < -0.4 is 5.73 Å². The van der Waals surface area contributed by atoms with E-state index in [-0.39, 0.29) is 5.78 Å². The van der Waals surface area contributed by atoms with Gasteiger partial charge in [0.1, 0.15) is 0 Å². The molecule has 1 heterocycles. The minimum Gasteiger partial charge on any atom is -0.378 e. The van der Waals surface area contributed by atoms with E-state index >= 15 is 0 Å². The molecule has 2 unspecified atom stereocenters. The highest BCUT2D eigenvalue weighted by Gasteiger charge is 2.22. The fourth-order valence-electron chi connectivity index (χ4n) is 5.01. The number of ketones is 1. The maximum absolute atomic E-state index is 11.7. The normalized spacial score (nSPS) is 16.7. The van der Waals surface area contributed by atoms with Crippen molar-refractivity contribution in [1.82, 2.24) is 4.90 Å². The highest BCUT2D eigenvalue weighted by atomic mass is 16.5. The first-order valence-electron chi connectivity index (χ1n) is 16.6. The molecule has 0 saturated heterocycles. The summed E-state index contributed by atoms with van der Waals surface area (Å²) >= 11 is 0. The van der Waals surface area contributed by atoms with Gasteiger partial charge in [-0.25, -0.2) is 0 Å². The fourth-order valence-corrected chi connectivity index (χ4v) is 5.01. The summed E-state index contributed by atoms with van der Waals surface area (Å²) in [4.78, 5) is 13.7. The Morgan fingerprint density at radius 2 is 1.81 bits per heavy atom. The smallest absolute Gasteiger partial charge is 0.159 e. The second kappa shape index (κ2) is 21.1. The Hall–Kier alpha value is -2.69. The van der Waals surface area contributed by atoms with Crippen LogP contribution in [0.5, 0.6) is 0 Å². The van der Waals surface area contributed by atoms with Crippen LogP contribution in [-0.4, -0.2) is 30.4 Å². The number of unbranched alkanes of at least 4 members (excludes halogenated alkanes) is 1. The summed E-state index contributed by atoms with van der Waals surface area (Å²) in [5.74, 6) is 2.16. The lowest BCUT2D eigenvalue weighted by atomic mass is 9.97. The minimum absolute atomic E-state index is 0.0377. The van der Waals surface area contributed by atoms with Gasteiger partial charge < -0.3 is 15.4 Å². The van der Waals surface area contributed by atoms with Gasteiger partial charge in [-0.15, -0.1) is 0 Å². The molecule has 0 amide bonds. The Labute approximate surface area is 264 Å². The Kier molecular flexibility index (Phi) is 18.8. The molecule has 1 aromatic carbocycles. The van der Waals surface area contributed by atoms with Crippen molar-refractivity contribution in [3.05, 3.63) is 88.4 Å². The molecule has 240 valence electrons. The van der Waals surface area contributed by atoms with Crippen molar-refractivity contribution in [2.24, 2.45) is 17.6 Å². The minimum atomic E-state index is 0.0377. The van der Waals surface area contributed by atoms with Gasteiger partial charge in [0, 0.05) is 30.6 Å². The molecule has 0 radical (unpaired) electrons. The molecule has 2 aliphatic rings. The van der Waals surface area contributed by atoms with Crippen molar-refractivity contribution in [2.45, 2.75) is 119 Å². The molecular formula is C39H62N2O2. The molecule has 4 nitrogen and oxygen atoms in total. The van der Waals surface area contributed by atoms with Gasteiger partial charge in [0.25, 0.3) is 0 Å². The van der Waals surface area contributed by atoms with Gasteiger partial charge in [0.15, 0.2) is 5.78 Å². The maximum Gasteiger partial charge on any atom is 0.159 e. The molecule has 4 heteroatoms. The third-order valence-corrected chi connectivity index (χ3v) is 8.33. The molecule has 3 rings (SSSR count). The van der Waals surface area contributed by atoms with Gasteiger partial charge in [-0.2, -0.15) is 0 Å². The number of nitrogens with zero attached hydrogens (tertiary/aromatic N) is 1. The van der Waals surface area contributed by atoms with Gasteiger partial charge in [-0.05, 0) is 92.7 Å². The van der Waals surface area contributed by atoms with E-state index in [1.807, 2.05) is 23.3 Å². The van der Waals surface area contributed by atoms with Crippen LogP contribution >= 0.6 is 0 Å². The lowest BCUT2D eigenvalue weighted by Crippen LogP contribution is -2.23. The molecule has 43 heavy (non-hydrogen) atoms. The number of rotatable bonds is 14. The predicted octanol–water partition coefficient (Wildman–Crippen LogP) is 10.3. The summed E-state index contributed by atoms with van der Waals surface area (Å²) in [6.07, 6.45) is 19.4. The standard InChI is InChI=1S/C24H29NO2.C8H16.C7H17N/c1-7-23(18(3)14-21-11-9-8-10-17(21)2)24(16-27-6)25-13-12-22(20(5)26)15-19(25)4;1-3-7(2)6-8-4-5-8;1-3-5-6-7(8)4-2/h8-15H,4,7,16H2,1-3,5-6H3;7-8H,3-6H2,1-2H3;7H,3-6,8H2,1-2H3/b18-14+,24-23+;;. The lowest BCUT2D eigenvalue weighted by molar-refractivity contribution is -0.113. The monoisotopic (exact) mass is 590 g/mol. The Balaban J connectivity index is 0.000000468. The van der Waals surface area contributed by atoms with Gasteiger partial charge >= 0.3 is 0 Å². The van der Waals surface area contributed by atoms with E-state index in [2.05, 4.69) is 85.4 Å². The van der Waals surface area contributed by atoms with Crippen LogP contribution in [0.4, 0.5) is 0 Å². The van der Waals surface area contributed by atoms with Crippen molar-refractivity contribution >= 4 is 11.9 Å². The van der Waals surface area contributed by atoms with E-state index in [1.54, 1.807) is 14.0 Å². The first kappa shape index (κ1) is 38.3. The molecule has 1 aliphatic heterocycles. The molecule has 1 aromatic rings. The molecule has 0 spiro atoms. The summed E-state index contributed by atoms with van der Waals surface area (Å²) in [7, 11) is 1.70. The molecule has 2 atom stereocenters. The number of methoxy groups -OCH3 is 1. The number of Topliss-reactive ketones (excluding diaryl/α,β-unsaturated/α-hetero) is 1. The number of nitrogens with two attached hydrogens (primary N) is 1. The van der Waals surface area contributed by atoms with Crippen LogP contribution in [0.15, 0.2) is 77.3 Å². The number of carbonyl (C=O) groups excluding carboxylic acids is 1. The summed E-state index contributed by atoms with van der Waals surface area (Å²) in [6.45, 7) is 21.6. The van der Waals surface area contributed by atoms with Crippen LogP contribution in [0.25, 0.3) is 6.08 Å². The number of allylic oxidation sites excluding steroid dienone is 5. The number of ether oxygens (including phenoxy) is 1. The van der Waals surface area contributed by atoms with Crippen LogP contribution in [0.2, 0.25) is 0 Å². The second-order valence-electron chi connectivity index (χ2n) is 12.2. The van der Waals surface area contributed by atoms with Gasteiger partial charge in [-0.1, -0.05) is 104 Å². The van der Waals surface area contributed by atoms with Gasteiger partial charge in [0.2, 0.25) is 0 Å². The van der Waals surface area contributed by atoms with Gasteiger partial charge in [0.05, 0.1) is 12.3 Å². The van der Waals surface area contributed by atoms with Crippen LogP contribution in [0, 0.1) is 18.8 Å². The molecule has 1 saturated carbocycles. The molecule has 0 aromatic heterocycles. The van der Waals surface area contributed by atoms with Crippen LogP contribution in [0.1, 0.15) is 117 Å². The number of hydrogen-bond acceptors (Lipinski definition) is 4. The first-order valence-corrected chi connectivity index (χ1v) is 16.6. The zero-order valence-corrected chi connectivity index (χ0v) is 29.0. The second-order valence-corrected chi connectivity index (χ2v) is 12.2. The predicted molar refractivity (Wildman–Crippen MR) is 187 cm³/mol. The fraction of sp³-hybridized carbons (Fsp3) is 0.564. The molecule has 0 bridgehead atoms. The first-order chi connectivity index (χ1) is 20.5. The Morgan fingerprint density at radius 3 is 2.30 bits per heavy atom. The van der Waals surface area contributed by atoms with Gasteiger partial charge in [-0.3, -0.25) is 4.79 Å². The SMILES string of the molecule is C=C1C=C(C(C)=O)C=CN1/C(COC)=C(CC)/C(C)=C/c1ccccc1C.CCC(C)CC1CC1.CCCCC(N)CC. The zero-order valence-electron chi connectivity index (χ0n) is 29.0. The number of benzene rings is 1. The van der Waals surface area contributed by atoms with Crippen LogP contribution in [0.3, 0.4) is 0 Å². The average molecular weight is 591 g/mol. The highest BCUT2D eigenvalue weighted by Crippen LogP contribution is 2.35.